The number of carbonyl (C=O) groups excluding carboxylic acids is 1. The maximum absolute atomic E-state index is 13.0. The zero-order valence-electron chi connectivity index (χ0n) is 13.7. The second kappa shape index (κ2) is 6.98. The molecule has 0 saturated carbocycles. The van der Waals surface area contributed by atoms with Crippen LogP contribution in [-0.2, 0) is 11.3 Å². The first kappa shape index (κ1) is 17.0. The zero-order chi connectivity index (χ0) is 18.0. The minimum atomic E-state index is -0.321. The lowest BCUT2D eigenvalue weighted by molar-refractivity contribution is -0.125. The average Bonchev–Trinajstić information content (AvgIpc) is 3.04. The quantitative estimate of drug-likeness (QED) is 0.729. The molecule has 0 aliphatic carbocycles. The highest BCUT2D eigenvalue weighted by molar-refractivity contribution is 7.17. The summed E-state index contributed by atoms with van der Waals surface area (Å²) in [5.41, 5.74) is 1.93. The van der Waals surface area contributed by atoms with Crippen LogP contribution >= 0.6 is 11.3 Å². The third-order valence-electron chi connectivity index (χ3n) is 3.77. The lowest BCUT2D eigenvalue weighted by Crippen LogP contribution is -2.26. The van der Waals surface area contributed by atoms with Crippen molar-refractivity contribution in [1.29, 1.82) is 0 Å². The number of fused-ring (bicyclic) bond motifs is 1. The summed E-state index contributed by atoms with van der Waals surface area (Å²) in [6.45, 7) is 1.98. The fourth-order valence-electron chi connectivity index (χ4n) is 2.39. The number of benzene rings is 1. The first-order valence-electron chi connectivity index (χ1n) is 7.60. The molecule has 3 aromatic rings. The van der Waals surface area contributed by atoms with Gasteiger partial charge in [-0.15, -0.1) is 11.3 Å². The molecule has 2 aromatic heterocycles. The van der Waals surface area contributed by atoms with Crippen molar-refractivity contribution in [3.05, 3.63) is 69.3 Å². The van der Waals surface area contributed by atoms with E-state index in [9.17, 15) is 14.0 Å². The average molecular weight is 357 g/mol. The minimum Gasteiger partial charge on any atom is -0.335 e. The van der Waals surface area contributed by atoms with E-state index < -0.39 is 0 Å². The van der Waals surface area contributed by atoms with Gasteiger partial charge in [0.15, 0.2) is 0 Å². The van der Waals surface area contributed by atoms with E-state index in [4.69, 9.17) is 0 Å². The van der Waals surface area contributed by atoms with Crippen molar-refractivity contribution < 1.29 is 9.18 Å². The summed E-state index contributed by atoms with van der Waals surface area (Å²) in [5, 5.41) is 1.81. The smallest absolute Gasteiger partial charge is 0.268 e. The van der Waals surface area contributed by atoms with Crippen LogP contribution < -0.4 is 5.56 Å². The fourth-order valence-corrected chi connectivity index (χ4v) is 3.12. The van der Waals surface area contributed by atoms with Crippen LogP contribution in [-0.4, -0.2) is 27.8 Å². The number of aromatic nitrogens is 2. The molecule has 25 heavy (non-hydrogen) atoms. The van der Waals surface area contributed by atoms with Gasteiger partial charge in [0.2, 0.25) is 5.91 Å². The van der Waals surface area contributed by atoms with Crippen LogP contribution in [0.4, 0.5) is 4.39 Å². The van der Waals surface area contributed by atoms with Crippen LogP contribution in [0.1, 0.15) is 18.3 Å². The van der Waals surface area contributed by atoms with Gasteiger partial charge in [-0.2, -0.15) is 0 Å². The number of H-pyrrole nitrogens is 1. The molecule has 0 aliphatic rings. The maximum Gasteiger partial charge on any atom is 0.268 e. The first-order chi connectivity index (χ1) is 11.9. The predicted octanol–water partition coefficient (Wildman–Crippen LogP) is 3.19. The Hall–Kier alpha value is -2.80. The molecular weight excluding hydrogens is 341 g/mol. The summed E-state index contributed by atoms with van der Waals surface area (Å²) >= 11 is 1.33. The zero-order valence-corrected chi connectivity index (χ0v) is 14.6. The number of carbonyl (C=O) groups is 1. The van der Waals surface area contributed by atoms with Gasteiger partial charge in [-0.3, -0.25) is 9.59 Å². The number of nitrogens with one attached hydrogen (secondary N) is 1. The van der Waals surface area contributed by atoms with E-state index in [0.29, 0.717) is 16.0 Å². The second-order valence-electron chi connectivity index (χ2n) is 5.68. The van der Waals surface area contributed by atoms with E-state index in [1.807, 2.05) is 0 Å². The third kappa shape index (κ3) is 3.83. The summed E-state index contributed by atoms with van der Waals surface area (Å²) in [6.07, 6.45) is 1.48. The molecule has 0 unspecified atom stereocenters. The molecule has 1 N–H and O–H groups in total. The van der Waals surface area contributed by atoms with Gasteiger partial charge in [-0.1, -0.05) is 12.1 Å². The molecule has 0 atom stereocenters. The van der Waals surface area contributed by atoms with E-state index in [2.05, 4.69) is 9.97 Å². The van der Waals surface area contributed by atoms with Gasteiger partial charge in [0.05, 0.1) is 12.1 Å². The Labute approximate surface area is 147 Å². The van der Waals surface area contributed by atoms with E-state index in [1.54, 1.807) is 37.6 Å². The molecule has 1 amide bonds. The highest BCUT2D eigenvalue weighted by Gasteiger charge is 2.11. The summed E-state index contributed by atoms with van der Waals surface area (Å²) < 4.78 is 13.5. The van der Waals surface area contributed by atoms with Crippen molar-refractivity contribution in [3.8, 4) is 0 Å². The monoisotopic (exact) mass is 357 g/mol. The molecule has 128 valence electrons. The Bertz CT molecular complexity index is 1010. The van der Waals surface area contributed by atoms with Gasteiger partial charge in [0.1, 0.15) is 16.3 Å². The Balaban J connectivity index is 1.76. The summed E-state index contributed by atoms with van der Waals surface area (Å²) in [4.78, 5) is 32.9. The van der Waals surface area contributed by atoms with Crippen LogP contribution in [0.5, 0.6) is 0 Å². The largest absolute Gasteiger partial charge is 0.335 e. The molecule has 0 radical (unpaired) electrons. The van der Waals surface area contributed by atoms with E-state index in [-0.39, 0.29) is 23.8 Å². The van der Waals surface area contributed by atoms with Crippen molar-refractivity contribution in [2.45, 2.75) is 13.5 Å². The Morgan fingerprint density at radius 1 is 1.32 bits per heavy atom. The molecule has 0 spiro atoms. The number of likely N-dealkylation sites (N-methyl/N-ethyl adjacent to an activating group) is 1. The molecule has 0 bridgehead atoms. The van der Waals surface area contributed by atoms with E-state index >= 15 is 0 Å². The Kier molecular flexibility index (Phi) is 4.76. The molecule has 0 saturated heterocycles. The van der Waals surface area contributed by atoms with Crippen LogP contribution in [0.3, 0.4) is 0 Å². The number of amides is 1. The number of allylic oxidation sites excluding steroid dienone is 1. The van der Waals surface area contributed by atoms with Crippen LogP contribution in [0.2, 0.25) is 0 Å². The summed E-state index contributed by atoms with van der Waals surface area (Å²) in [5.74, 6) is -0.117. The van der Waals surface area contributed by atoms with Gasteiger partial charge in [0, 0.05) is 13.1 Å². The van der Waals surface area contributed by atoms with Crippen molar-refractivity contribution in [3.63, 3.8) is 0 Å². The number of hydrogen-bond donors (Lipinski definition) is 1. The SMILES string of the molecule is C/C(=C/C(=O)N(C)Cc1nc2ccsc2c(=O)[nH]1)c1ccc(F)cc1. The molecular formula is C18H16FN3O2S. The fraction of sp³-hybridized carbons (Fsp3) is 0.167. The van der Waals surface area contributed by atoms with Gasteiger partial charge < -0.3 is 9.88 Å². The summed E-state index contributed by atoms with van der Waals surface area (Å²) in [7, 11) is 1.63. The highest BCUT2D eigenvalue weighted by atomic mass is 32.1. The number of rotatable bonds is 4. The Morgan fingerprint density at radius 3 is 2.76 bits per heavy atom. The van der Waals surface area contributed by atoms with E-state index in [0.717, 1.165) is 11.1 Å². The molecule has 7 heteroatoms. The third-order valence-corrected chi connectivity index (χ3v) is 4.67. The standard InChI is InChI=1S/C18H16FN3O2S/c1-11(12-3-5-13(19)6-4-12)9-16(23)22(2)10-15-20-14-7-8-25-17(14)18(24)21-15/h3-9H,10H2,1-2H3,(H,20,21,24)/b11-9-. The molecule has 3 rings (SSSR count). The molecule has 0 fully saturated rings. The van der Waals surface area contributed by atoms with E-state index in [1.165, 1.54) is 34.4 Å². The predicted molar refractivity (Wildman–Crippen MR) is 96.8 cm³/mol. The minimum absolute atomic E-state index is 0.188. The van der Waals surface area contributed by atoms with Crippen molar-refractivity contribution in [1.82, 2.24) is 14.9 Å². The number of nitrogens with zero attached hydrogens (tertiary/aromatic N) is 2. The number of halogens is 1. The van der Waals surface area contributed by atoms with Gasteiger partial charge in [-0.25, -0.2) is 9.37 Å². The topological polar surface area (TPSA) is 66.1 Å². The maximum atomic E-state index is 13.0. The highest BCUT2D eigenvalue weighted by Crippen LogP contribution is 2.16. The lowest BCUT2D eigenvalue weighted by atomic mass is 10.1. The van der Waals surface area contributed by atoms with Crippen molar-refractivity contribution >= 4 is 33.0 Å². The first-order valence-corrected chi connectivity index (χ1v) is 8.48. The molecule has 5 nitrogen and oxygen atoms in total. The molecule has 2 heterocycles. The van der Waals surface area contributed by atoms with Gasteiger partial charge in [0.25, 0.3) is 5.56 Å². The van der Waals surface area contributed by atoms with Crippen LogP contribution in [0, 0.1) is 5.82 Å². The summed E-state index contributed by atoms with van der Waals surface area (Å²) in [6, 6.07) is 7.73. The van der Waals surface area contributed by atoms with Crippen molar-refractivity contribution in [2.75, 3.05) is 7.05 Å². The van der Waals surface area contributed by atoms with Crippen LogP contribution in [0.15, 0.2) is 46.6 Å². The number of hydrogen-bond acceptors (Lipinski definition) is 4. The number of thiophene rings is 1. The second-order valence-corrected chi connectivity index (χ2v) is 6.59. The Morgan fingerprint density at radius 2 is 2.04 bits per heavy atom. The molecule has 1 aromatic carbocycles. The lowest BCUT2D eigenvalue weighted by Gasteiger charge is -2.15. The van der Waals surface area contributed by atoms with Crippen molar-refractivity contribution in [2.24, 2.45) is 0 Å². The normalized spacial score (nSPS) is 11.7. The van der Waals surface area contributed by atoms with Gasteiger partial charge in [-0.05, 0) is 41.6 Å². The van der Waals surface area contributed by atoms with Gasteiger partial charge >= 0.3 is 0 Å². The number of aromatic amines is 1. The molecule has 0 aliphatic heterocycles. The van der Waals surface area contributed by atoms with Crippen LogP contribution in [0.25, 0.3) is 15.8 Å².